The van der Waals surface area contributed by atoms with Gasteiger partial charge in [-0.25, -0.2) is 4.98 Å². The molecule has 1 aliphatic heterocycles. The average Bonchev–Trinajstić information content (AvgIpc) is 2.78. The Balaban J connectivity index is 1.97. The molecule has 0 aliphatic carbocycles. The van der Waals surface area contributed by atoms with Crippen molar-refractivity contribution in [2.45, 2.75) is 6.54 Å². The summed E-state index contributed by atoms with van der Waals surface area (Å²) in [6.07, 6.45) is 2.73. The molecule has 82 valence electrons. The van der Waals surface area contributed by atoms with Crippen LogP contribution < -0.4 is 10.6 Å². The van der Waals surface area contributed by atoms with Crippen LogP contribution in [0.1, 0.15) is 4.88 Å². The second-order valence-electron chi connectivity index (χ2n) is 3.44. The smallest absolute Gasteiger partial charge is 0.209 e. The summed E-state index contributed by atoms with van der Waals surface area (Å²) in [6, 6.07) is 0. The zero-order chi connectivity index (χ0) is 10.7. The molecule has 0 radical (unpaired) electrons. The molecule has 15 heavy (non-hydrogen) atoms. The van der Waals surface area contributed by atoms with Crippen LogP contribution >= 0.6 is 11.3 Å². The van der Waals surface area contributed by atoms with Crippen molar-refractivity contribution < 1.29 is 4.79 Å². The molecule has 0 spiro atoms. The van der Waals surface area contributed by atoms with Gasteiger partial charge >= 0.3 is 0 Å². The van der Waals surface area contributed by atoms with E-state index >= 15 is 0 Å². The molecule has 1 aromatic rings. The number of hydrogen-bond acceptors (Lipinski definition) is 5. The molecule has 6 heteroatoms. The summed E-state index contributed by atoms with van der Waals surface area (Å²) >= 11 is 1.63. The summed E-state index contributed by atoms with van der Waals surface area (Å²) in [5, 5.41) is 1.01. The molecule has 5 nitrogen and oxygen atoms in total. The van der Waals surface area contributed by atoms with E-state index in [-0.39, 0.29) is 0 Å². The first-order chi connectivity index (χ1) is 7.33. The molecule has 1 aromatic heterocycles. The maximum absolute atomic E-state index is 10.5. The lowest BCUT2D eigenvalue weighted by Crippen LogP contribution is -2.45. The number of thiazole rings is 1. The zero-order valence-corrected chi connectivity index (χ0v) is 9.24. The van der Waals surface area contributed by atoms with E-state index in [9.17, 15) is 4.79 Å². The molecule has 0 aromatic carbocycles. The second kappa shape index (κ2) is 4.59. The minimum absolute atomic E-state index is 0.548. The Morgan fingerprint density at radius 3 is 2.73 bits per heavy atom. The molecule has 0 unspecified atom stereocenters. The van der Waals surface area contributed by atoms with Crippen molar-refractivity contribution in [3.05, 3.63) is 11.1 Å². The molecule has 1 saturated heterocycles. The number of carbonyl (C=O) groups is 1. The number of anilines is 1. The van der Waals surface area contributed by atoms with Gasteiger partial charge in [-0.2, -0.15) is 0 Å². The van der Waals surface area contributed by atoms with E-state index in [4.69, 9.17) is 5.73 Å². The van der Waals surface area contributed by atoms with E-state index in [0.29, 0.717) is 6.54 Å². The fraction of sp³-hybridized carbons (Fsp3) is 0.556. The van der Waals surface area contributed by atoms with Gasteiger partial charge in [-0.3, -0.25) is 4.79 Å². The molecule has 0 atom stereocenters. The van der Waals surface area contributed by atoms with Gasteiger partial charge in [-0.05, 0) is 0 Å². The third-order valence-corrected chi connectivity index (χ3v) is 3.56. The van der Waals surface area contributed by atoms with Crippen molar-refractivity contribution in [3.63, 3.8) is 0 Å². The summed E-state index contributed by atoms with van der Waals surface area (Å²) < 4.78 is 0. The first kappa shape index (κ1) is 10.4. The minimum atomic E-state index is 0.548. The lowest BCUT2D eigenvalue weighted by Gasteiger charge is -2.32. The lowest BCUT2D eigenvalue weighted by atomic mass is 10.3. The van der Waals surface area contributed by atoms with Crippen molar-refractivity contribution in [3.8, 4) is 0 Å². The van der Waals surface area contributed by atoms with Gasteiger partial charge in [0.05, 0.1) is 0 Å². The van der Waals surface area contributed by atoms with Crippen molar-refractivity contribution >= 4 is 22.9 Å². The number of nitrogens with zero attached hydrogens (tertiary/aromatic N) is 3. The van der Waals surface area contributed by atoms with Gasteiger partial charge in [0.1, 0.15) is 0 Å². The van der Waals surface area contributed by atoms with Crippen molar-refractivity contribution in [2.75, 3.05) is 31.1 Å². The monoisotopic (exact) mass is 226 g/mol. The Labute approximate surface area is 92.5 Å². The molecular formula is C9H14N4OS. The molecular weight excluding hydrogens is 212 g/mol. The average molecular weight is 226 g/mol. The molecule has 1 amide bonds. The Bertz CT molecular complexity index is 333. The van der Waals surface area contributed by atoms with Crippen molar-refractivity contribution in [1.82, 2.24) is 9.88 Å². The summed E-state index contributed by atoms with van der Waals surface area (Å²) in [4.78, 5) is 19.9. The van der Waals surface area contributed by atoms with Crippen molar-refractivity contribution in [1.29, 1.82) is 0 Å². The maximum Gasteiger partial charge on any atom is 0.209 e. The summed E-state index contributed by atoms with van der Waals surface area (Å²) in [5.74, 6) is 0. The largest absolute Gasteiger partial charge is 0.345 e. The quantitative estimate of drug-likeness (QED) is 0.730. The molecule has 1 fully saturated rings. The number of piperazine rings is 1. The Kier molecular flexibility index (Phi) is 3.17. The number of carbonyl (C=O) groups excluding carboxylic acids is 1. The van der Waals surface area contributed by atoms with Crippen LogP contribution in [-0.2, 0) is 11.3 Å². The number of hydrogen-bond donors (Lipinski definition) is 1. The predicted octanol–water partition coefficient (Wildman–Crippen LogP) is -0.120. The topological polar surface area (TPSA) is 62.5 Å². The highest BCUT2D eigenvalue weighted by Crippen LogP contribution is 2.22. The fourth-order valence-corrected chi connectivity index (χ4v) is 2.40. The normalized spacial score (nSPS) is 16.9. The van der Waals surface area contributed by atoms with Gasteiger partial charge in [-0.1, -0.05) is 0 Å². The second-order valence-corrected chi connectivity index (χ2v) is 4.54. The summed E-state index contributed by atoms with van der Waals surface area (Å²) in [6.45, 7) is 3.82. The van der Waals surface area contributed by atoms with Gasteiger partial charge < -0.3 is 15.5 Å². The van der Waals surface area contributed by atoms with Crippen LogP contribution in [0.25, 0.3) is 0 Å². The van der Waals surface area contributed by atoms with E-state index in [1.54, 1.807) is 16.2 Å². The number of nitrogens with two attached hydrogens (primary N) is 1. The third kappa shape index (κ3) is 2.27. The van der Waals surface area contributed by atoms with Gasteiger partial charge in [-0.15, -0.1) is 11.3 Å². The predicted molar refractivity (Wildman–Crippen MR) is 59.9 cm³/mol. The Morgan fingerprint density at radius 1 is 1.47 bits per heavy atom. The highest BCUT2D eigenvalue weighted by atomic mass is 32.1. The Morgan fingerprint density at radius 2 is 2.20 bits per heavy atom. The van der Waals surface area contributed by atoms with E-state index in [2.05, 4.69) is 9.88 Å². The molecule has 2 N–H and O–H groups in total. The van der Waals surface area contributed by atoms with Gasteiger partial charge in [0.15, 0.2) is 5.13 Å². The van der Waals surface area contributed by atoms with Crippen LogP contribution in [0, 0.1) is 0 Å². The fourth-order valence-electron chi connectivity index (χ4n) is 1.56. The van der Waals surface area contributed by atoms with Crippen LogP contribution in [0.2, 0.25) is 0 Å². The SMILES string of the molecule is NCc1cnc(N2CCN(C=O)CC2)s1. The van der Waals surface area contributed by atoms with Gasteiger partial charge in [0.25, 0.3) is 0 Å². The molecule has 2 heterocycles. The van der Waals surface area contributed by atoms with Crippen LogP contribution in [0.4, 0.5) is 5.13 Å². The highest BCUT2D eigenvalue weighted by molar-refractivity contribution is 7.15. The van der Waals surface area contributed by atoms with E-state index in [1.165, 1.54) is 0 Å². The number of aromatic nitrogens is 1. The van der Waals surface area contributed by atoms with E-state index in [1.807, 2.05) is 6.20 Å². The molecule has 1 aliphatic rings. The summed E-state index contributed by atoms with van der Waals surface area (Å²) in [5.41, 5.74) is 5.53. The zero-order valence-electron chi connectivity index (χ0n) is 8.43. The van der Waals surface area contributed by atoms with Crippen LogP contribution in [0.15, 0.2) is 6.20 Å². The van der Waals surface area contributed by atoms with Crippen LogP contribution in [0.3, 0.4) is 0 Å². The maximum atomic E-state index is 10.5. The third-order valence-electron chi connectivity index (χ3n) is 2.48. The number of amides is 1. The van der Waals surface area contributed by atoms with Crippen LogP contribution in [-0.4, -0.2) is 42.5 Å². The minimum Gasteiger partial charge on any atom is -0.345 e. The van der Waals surface area contributed by atoms with Crippen LogP contribution in [0.5, 0.6) is 0 Å². The van der Waals surface area contributed by atoms with Crippen molar-refractivity contribution in [2.24, 2.45) is 5.73 Å². The number of rotatable bonds is 3. The standard InChI is InChI=1S/C9H14N4OS/c10-5-8-6-11-9(15-8)13-3-1-12(7-14)2-4-13/h6-7H,1-5,10H2. The van der Waals surface area contributed by atoms with E-state index < -0.39 is 0 Å². The summed E-state index contributed by atoms with van der Waals surface area (Å²) in [7, 11) is 0. The Hall–Kier alpha value is -1.14. The highest BCUT2D eigenvalue weighted by Gasteiger charge is 2.17. The van der Waals surface area contributed by atoms with Gasteiger partial charge in [0.2, 0.25) is 6.41 Å². The molecule has 0 bridgehead atoms. The molecule has 0 saturated carbocycles. The van der Waals surface area contributed by atoms with E-state index in [0.717, 1.165) is 42.6 Å². The van der Waals surface area contributed by atoms with Gasteiger partial charge in [0, 0.05) is 43.8 Å². The first-order valence-electron chi connectivity index (χ1n) is 4.92. The lowest BCUT2D eigenvalue weighted by molar-refractivity contribution is -0.118. The first-order valence-corrected chi connectivity index (χ1v) is 5.74. The molecule has 2 rings (SSSR count).